The van der Waals surface area contributed by atoms with Crippen LogP contribution in [0.1, 0.15) is 40.1 Å². The van der Waals surface area contributed by atoms with Gasteiger partial charge >= 0.3 is 0 Å². The minimum absolute atomic E-state index is 0.00263. The highest BCUT2D eigenvalue weighted by atomic mass is 32.1. The van der Waals surface area contributed by atoms with E-state index in [1.165, 1.54) is 16.0 Å². The summed E-state index contributed by atoms with van der Waals surface area (Å²) in [7, 11) is 0. The lowest BCUT2D eigenvalue weighted by molar-refractivity contribution is -0.116. The van der Waals surface area contributed by atoms with Gasteiger partial charge in [0.15, 0.2) is 0 Å². The Morgan fingerprint density at radius 1 is 1.00 bits per heavy atom. The summed E-state index contributed by atoms with van der Waals surface area (Å²) >= 11 is 1.72. The Hall–Kier alpha value is -3.18. The number of carbonyl (C=O) groups is 2. The molecule has 4 rings (SSSR count). The number of carbonyl (C=O) groups excluding carboxylic acids is 2. The second-order valence-electron chi connectivity index (χ2n) is 7.66. The highest BCUT2D eigenvalue weighted by molar-refractivity contribution is 7.09. The van der Waals surface area contributed by atoms with Crippen molar-refractivity contribution in [1.82, 2.24) is 4.90 Å². The molecule has 31 heavy (non-hydrogen) atoms. The Balaban J connectivity index is 1.32. The third kappa shape index (κ3) is 5.70. The molecule has 1 N–H and O–H groups in total. The minimum atomic E-state index is -0.0189. The summed E-state index contributed by atoms with van der Waals surface area (Å²) in [5.41, 5.74) is 3.78. The third-order valence-corrected chi connectivity index (χ3v) is 6.38. The summed E-state index contributed by atoms with van der Waals surface area (Å²) < 4.78 is 0. The van der Waals surface area contributed by atoms with E-state index in [0.717, 1.165) is 19.3 Å². The molecule has 0 saturated carbocycles. The van der Waals surface area contributed by atoms with Crippen LogP contribution in [0, 0.1) is 0 Å². The maximum absolute atomic E-state index is 13.0. The SMILES string of the molecule is O=C(CCCc1cccs1)Nc1cccc(C(=O)N2CC=C(c3ccccc3)CC2)c1. The molecule has 0 fully saturated rings. The molecular formula is C26H26N2O2S. The molecule has 2 amide bonds. The van der Waals surface area contributed by atoms with Crippen molar-refractivity contribution in [1.29, 1.82) is 0 Å². The monoisotopic (exact) mass is 430 g/mol. The van der Waals surface area contributed by atoms with Crippen LogP contribution in [0.4, 0.5) is 5.69 Å². The van der Waals surface area contributed by atoms with E-state index >= 15 is 0 Å². The van der Waals surface area contributed by atoms with Crippen molar-refractivity contribution in [2.24, 2.45) is 0 Å². The molecule has 158 valence electrons. The van der Waals surface area contributed by atoms with Crippen molar-refractivity contribution in [2.45, 2.75) is 25.7 Å². The van der Waals surface area contributed by atoms with Crippen LogP contribution in [0.15, 0.2) is 78.2 Å². The summed E-state index contributed by atoms with van der Waals surface area (Å²) in [5.74, 6) is -0.0216. The van der Waals surface area contributed by atoms with Gasteiger partial charge in [0.25, 0.3) is 5.91 Å². The summed E-state index contributed by atoms with van der Waals surface area (Å²) in [5, 5.41) is 4.98. The number of anilines is 1. The average Bonchev–Trinajstić information content (AvgIpc) is 3.33. The molecule has 2 heterocycles. The van der Waals surface area contributed by atoms with Crippen LogP contribution in [-0.4, -0.2) is 29.8 Å². The van der Waals surface area contributed by atoms with Gasteiger partial charge in [-0.05, 0) is 60.0 Å². The predicted octanol–water partition coefficient (Wildman–Crippen LogP) is 5.64. The molecule has 0 atom stereocenters. The first-order chi connectivity index (χ1) is 15.2. The van der Waals surface area contributed by atoms with E-state index in [-0.39, 0.29) is 11.8 Å². The van der Waals surface area contributed by atoms with Crippen LogP contribution in [0.5, 0.6) is 0 Å². The Bertz CT molecular complexity index is 1060. The van der Waals surface area contributed by atoms with E-state index in [1.54, 1.807) is 17.4 Å². The van der Waals surface area contributed by atoms with E-state index in [1.807, 2.05) is 47.4 Å². The molecule has 0 unspecified atom stereocenters. The zero-order valence-corrected chi connectivity index (χ0v) is 18.2. The molecular weight excluding hydrogens is 404 g/mol. The highest BCUT2D eigenvalue weighted by Crippen LogP contribution is 2.23. The van der Waals surface area contributed by atoms with Crippen molar-refractivity contribution in [3.05, 3.63) is 94.2 Å². The van der Waals surface area contributed by atoms with Gasteiger partial charge in [0.2, 0.25) is 5.91 Å². The molecule has 3 aromatic rings. The van der Waals surface area contributed by atoms with Gasteiger partial charge in [0.05, 0.1) is 0 Å². The smallest absolute Gasteiger partial charge is 0.254 e. The van der Waals surface area contributed by atoms with Crippen molar-refractivity contribution < 1.29 is 9.59 Å². The highest BCUT2D eigenvalue weighted by Gasteiger charge is 2.19. The Morgan fingerprint density at radius 3 is 2.61 bits per heavy atom. The number of nitrogens with one attached hydrogen (secondary N) is 1. The summed E-state index contributed by atoms with van der Waals surface area (Å²) in [6.07, 6.45) is 5.17. The maximum atomic E-state index is 13.0. The molecule has 0 saturated heterocycles. The first-order valence-corrected chi connectivity index (χ1v) is 11.5. The van der Waals surface area contributed by atoms with Gasteiger partial charge in [-0.3, -0.25) is 9.59 Å². The number of thiophene rings is 1. The molecule has 0 bridgehead atoms. The molecule has 5 heteroatoms. The topological polar surface area (TPSA) is 49.4 Å². The van der Waals surface area contributed by atoms with Crippen molar-refractivity contribution in [2.75, 3.05) is 18.4 Å². The molecule has 2 aromatic carbocycles. The van der Waals surface area contributed by atoms with Crippen molar-refractivity contribution >= 4 is 34.4 Å². The maximum Gasteiger partial charge on any atom is 0.254 e. The zero-order chi connectivity index (χ0) is 21.5. The lowest BCUT2D eigenvalue weighted by Gasteiger charge is -2.27. The van der Waals surface area contributed by atoms with Gasteiger partial charge in [0.1, 0.15) is 0 Å². The normalized spacial score (nSPS) is 13.5. The van der Waals surface area contributed by atoms with Crippen LogP contribution < -0.4 is 5.32 Å². The third-order valence-electron chi connectivity index (χ3n) is 5.44. The average molecular weight is 431 g/mol. The zero-order valence-electron chi connectivity index (χ0n) is 17.4. The van der Waals surface area contributed by atoms with E-state index < -0.39 is 0 Å². The number of hydrogen-bond donors (Lipinski definition) is 1. The molecule has 0 aliphatic carbocycles. The number of benzene rings is 2. The molecule has 4 nitrogen and oxygen atoms in total. The summed E-state index contributed by atoms with van der Waals surface area (Å²) in [6, 6.07) is 21.7. The second-order valence-corrected chi connectivity index (χ2v) is 8.69. The molecule has 1 aliphatic heterocycles. The molecule has 0 radical (unpaired) electrons. The van der Waals surface area contributed by atoms with Crippen LogP contribution >= 0.6 is 11.3 Å². The van der Waals surface area contributed by atoms with Crippen molar-refractivity contribution in [3.63, 3.8) is 0 Å². The van der Waals surface area contributed by atoms with Gasteiger partial charge in [-0.2, -0.15) is 0 Å². The Morgan fingerprint density at radius 2 is 1.87 bits per heavy atom. The number of aryl methyl sites for hydroxylation is 1. The fraction of sp³-hybridized carbons (Fsp3) is 0.231. The first kappa shape index (κ1) is 21.1. The standard InChI is InChI=1S/C26H26N2O2S/c29-25(13-5-11-24-12-6-18-31-24)27-23-10-4-9-22(19-23)26(30)28-16-14-21(15-17-28)20-7-2-1-3-8-20/h1-4,6-10,12,14,18-19H,5,11,13,15-17H2,(H,27,29). The molecule has 1 aromatic heterocycles. The Kier molecular flexibility index (Phi) is 6.95. The largest absolute Gasteiger partial charge is 0.335 e. The van der Waals surface area contributed by atoms with Gasteiger partial charge in [0, 0.05) is 35.6 Å². The van der Waals surface area contributed by atoms with Crippen molar-refractivity contribution in [3.8, 4) is 0 Å². The van der Waals surface area contributed by atoms with Gasteiger partial charge in [-0.1, -0.05) is 48.5 Å². The van der Waals surface area contributed by atoms with Gasteiger partial charge in [-0.25, -0.2) is 0 Å². The fourth-order valence-corrected chi connectivity index (χ4v) is 4.53. The second kappa shape index (κ2) is 10.2. The van der Waals surface area contributed by atoms with Crippen LogP contribution in [0.2, 0.25) is 0 Å². The number of amides is 2. The number of rotatable bonds is 7. The summed E-state index contributed by atoms with van der Waals surface area (Å²) in [4.78, 5) is 28.4. The Labute approximate surface area is 187 Å². The summed E-state index contributed by atoms with van der Waals surface area (Å²) in [6.45, 7) is 1.29. The number of nitrogens with zero attached hydrogens (tertiary/aromatic N) is 1. The fourth-order valence-electron chi connectivity index (χ4n) is 3.78. The van der Waals surface area contributed by atoms with Gasteiger partial charge in [-0.15, -0.1) is 11.3 Å². The molecule has 1 aliphatic rings. The molecule has 0 spiro atoms. The van der Waals surface area contributed by atoms with E-state index in [9.17, 15) is 9.59 Å². The van der Waals surface area contributed by atoms with Crippen LogP contribution in [0.25, 0.3) is 5.57 Å². The first-order valence-electron chi connectivity index (χ1n) is 10.6. The van der Waals surface area contributed by atoms with Crippen LogP contribution in [-0.2, 0) is 11.2 Å². The van der Waals surface area contributed by atoms with Gasteiger partial charge < -0.3 is 10.2 Å². The minimum Gasteiger partial charge on any atom is -0.335 e. The lowest BCUT2D eigenvalue weighted by Crippen LogP contribution is -2.34. The van der Waals surface area contributed by atoms with Crippen LogP contribution in [0.3, 0.4) is 0 Å². The quantitative estimate of drug-likeness (QED) is 0.527. The van der Waals surface area contributed by atoms with E-state index in [4.69, 9.17) is 0 Å². The predicted molar refractivity (Wildman–Crippen MR) is 127 cm³/mol. The number of hydrogen-bond acceptors (Lipinski definition) is 3. The lowest BCUT2D eigenvalue weighted by atomic mass is 9.99. The van der Waals surface area contributed by atoms with E-state index in [0.29, 0.717) is 30.8 Å². The van der Waals surface area contributed by atoms with E-state index in [2.05, 4.69) is 35.0 Å².